The Morgan fingerprint density at radius 1 is 1.42 bits per heavy atom. The summed E-state index contributed by atoms with van der Waals surface area (Å²) >= 11 is 1.43. The zero-order valence-corrected chi connectivity index (χ0v) is 11.4. The standard InChI is InChI=1S/C13H14N2O3S/c1-18-12-6-7-13(17)15(14-12)8-2-4-10(16)11-5-3-9-19-11/h3,5-7,9H,2,4,8H2,1H3. The lowest BCUT2D eigenvalue weighted by molar-refractivity contribution is 0.0982. The second-order valence-electron chi connectivity index (χ2n) is 3.94. The van der Waals surface area contributed by atoms with E-state index in [4.69, 9.17) is 4.74 Å². The molecule has 2 heterocycles. The van der Waals surface area contributed by atoms with Crippen molar-refractivity contribution in [2.75, 3.05) is 7.11 Å². The van der Waals surface area contributed by atoms with Gasteiger partial charge in [0.1, 0.15) is 0 Å². The molecule has 0 atom stereocenters. The van der Waals surface area contributed by atoms with Crippen molar-refractivity contribution < 1.29 is 9.53 Å². The molecular weight excluding hydrogens is 264 g/mol. The summed E-state index contributed by atoms with van der Waals surface area (Å²) in [4.78, 5) is 24.1. The quantitative estimate of drug-likeness (QED) is 0.758. The molecule has 5 nitrogen and oxygen atoms in total. The third kappa shape index (κ3) is 3.51. The van der Waals surface area contributed by atoms with Gasteiger partial charge in [-0.25, -0.2) is 4.68 Å². The van der Waals surface area contributed by atoms with Crippen LogP contribution in [0.4, 0.5) is 0 Å². The summed E-state index contributed by atoms with van der Waals surface area (Å²) in [5, 5.41) is 5.90. The van der Waals surface area contributed by atoms with Crippen LogP contribution in [-0.4, -0.2) is 22.7 Å². The highest BCUT2D eigenvalue weighted by Gasteiger charge is 2.07. The van der Waals surface area contributed by atoms with Crippen LogP contribution in [-0.2, 0) is 6.54 Å². The van der Waals surface area contributed by atoms with Gasteiger partial charge in [-0.05, 0) is 17.9 Å². The monoisotopic (exact) mass is 278 g/mol. The van der Waals surface area contributed by atoms with Gasteiger partial charge in [-0.1, -0.05) is 6.07 Å². The van der Waals surface area contributed by atoms with Crippen molar-refractivity contribution in [2.45, 2.75) is 19.4 Å². The van der Waals surface area contributed by atoms with E-state index in [-0.39, 0.29) is 11.3 Å². The molecule has 0 N–H and O–H groups in total. The van der Waals surface area contributed by atoms with Crippen LogP contribution in [0.3, 0.4) is 0 Å². The van der Waals surface area contributed by atoms with Gasteiger partial charge < -0.3 is 4.74 Å². The van der Waals surface area contributed by atoms with Crippen molar-refractivity contribution in [1.29, 1.82) is 0 Å². The first-order valence-corrected chi connectivity index (χ1v) is 6.77. The highest BCUT2D eigenvalue weighted by Crippen LogP contribution is 2.12. The summed E-state index contributed by atoms with van der Waals surface area (Å²) in [7, 11) is 1.50. The molecule has 6 heteroatoms. The van der Waals surface area contributed by atoms with Gasteiger partial charge in [0, 0.05) is 25.1 Å². The minimum absolute atomic E-state index is 0.103. The number of aromatic nitrogens is 2. The zero-order valence-electron chi connectivity index (χ0n) is 10.5. The van der Waals surface area contributed by atoms with E-state index < -0.39 is 0 Å². The van der Waals surface area contributed by atoms with Crippen molar-refractivity contribution in [3.63, 3.8) is 0 Å². The van der Waals surface area contributed by atoms with E-state index in [9.17, 15) is 9.59 Å². The van der Waals surface area contributed by atoms with Crippen LogP contribution in [0, 0.1) is 0 Å². The van der Waals surface area contributed by atoms with Gasteiger partial charge in [-0.2, -0.15) is 0 Å². The van der Waals surface area contributed by atoms with Gasteiger partial charge in [0.05, 0.1) is 12.0 Å². The Labute approximate surface area is 114 Å². The number of hydrogen-bond acceptors (Lipinski definition) is 5. The number of thiophene rings is 1. The van der Waals surface area contributed by atoms with Gasteiger partial charge in [0.2, 0.25) is 5.88 Å². The predicted octanol–water partition coefficient (Wildman–Crippen LogP) is 1.98. The fourth-order valence-electron chi connectivity index (χ4n) is 1.65. The van der Waals surface area contributed by atoms with Crippen molar-refractivity contribution in [3.05, 3.63) is 44.9 Å². The van der Waals surface area contributed by atoms with Gasteiger partial charge >= 0.3 is 0 Å². The molecule has 0 aliphatic carbocycles. The Morgan fingerprint density at radius 3 is 2.95 bits per heavy atom. The minimum Gasteiger partial charge on any atom is -0.480 e. The maximum Gasteiger partial charge on any atom is 0.266 e. The summed E-state index contributed by atoms with van der Waals surface area (Å²) in [6, 6.07) is 6.59. The molecule has 0 unspecified atom stereocenters. The van der Waals surface area contributed by atoms with E-state index in [1.54, 1.807) is 0 Å². The maximum atomic E-state index is 11.8. The van der Waals surface area contributed by atoms with Crippen molar-refractivity contribution in [3.8, 4) is 5.88 Å². The largest absolute Gasteiger partial charge is 0.480 e. The van der Waals surface area contributed by atoms with Crippen LogP contribution in [0.15, 0.2) is 34.4 Å². The molecule has 100 valence electrons. The van der Waals surface area contributed by atoms with Crippen LogP contribution in [0.2, 0.25) is 0 Å². The van der Waals surface area contributed by atoms with Crippen molar-refractivity contribution >= 4 is 17.1 Å². The molecule has 19 heavy (non-hydrogen) atoms. The first-order chi connectivity index (χ1) is 9.20. The molecule has 0 aromatic carbocycles. The number of carbonyl (C=O) groups excluding carboxylic acids is 1. The Kier molecular flexibility index (Phi) is 4.46. The number of ketones is 1. The van der Waals surface area contributed by atoms with Crippen LogP contribution in [0.25, 0.3) is 0 Å². The maximum absolute atomic E-state index is 11.8. The number of methoxy groups -OCH3 is 1. The molecule has 0 saturated carbocycles. The van der Waals surface area contributed by atoms with Gasteiger partial charge in [0.25, 0.3) is 5.56 Å². The molecular formula is C13H14N2O3S. The normalized spacial score (nSPS) is 10.4. The van der Waals surface area contributed by atoms with E-state index in [1.807, 2.05) is 17.5 Å². The molecule has 2 aromatic heterocycles. The van der Waals surface area contributed by atoms with Gasteiger partial charge in [-0.3, -0.25) is 9.59 Å². The molecule has 0 bridgehead atoms. The topological polar surface area (TPSA) is 61.2 Å². The van der Waals surface area contributed by atoms with Gasteiger partial charge in [-0.15, -0.1) is 16.4 Å². The number of aryl methyl sites for hydroxylation is 1. The number of rotatable bonds is 6. The molecule has 2 rings (SSSR count). The first-order valence-electron chi connectivity index (χ1n) is 5.89. The summed E-state index contributed by atoms with van der Waals surface area (Å²) in [5.74, 6) is 0.495. The fourth-order valence-corrected chi connectivity index (χ4v) is 2.34. The molecule has 0 spiro atoms. The Morgan fingerprint density at radius 2 is 2.26 bits per heavy atom. The number of nitrogens with zero attached hydrogens (tertiary/aromatic N) is 2. The van der Waals surface area contributed by atoms with Crippen molar-refractivity contribution in [2.24, 2.45) is 0 Å². The molecule has 0 aliphatic rings. The summed E-state index contributed by atoms with van der Waals surface area (Å²) in [5.41, 5.74) is -0.190. The van der Waals surface area contributed by atoms with Crippen LogP contribution in [0.1, 0.15) is 22.5 Å². The van der Waals surface area contributed by atoms with Crippen LogP contribution in [0.5, 0.6) is 5.88 Å². The average Bonchev–Trinajstić information content (AvgIpc) is 2.95. The molecule has 0 radical (unpaired) electrons. The third-order valence-electron chi connectivity index (χ3n) is 2.62. The highest BCUT2D eigenvalue weighted by molar-refractivity contribution is 7.12. The average molecular weight is 278 g/mol. The van der Waals surface area contributed by atoms with E-state index >= 15 is 0 Å². The number of carbonyl (C=O) groups is 1. The number of ether oxygens (including phenoxy) is 1. The SMILES string of the molecule is COc1ccc(=O)n(CCCC(=O)c2cccs2)n1. The van der Waals surface area contributed by atoms with E-state index in [0.717, 1.165) is 4.88 Å². The smallest absolute Gasteiger partial charge is 0.266 e. The second kappa shape index (κ2) is 6.29. The third-order valence-corrected chi connectivity index (χ3v) is 3.53. The number of hydrogen-bond donors (Lipinski definition) is 0. The molecule has 0 aliphatic heterocycles. The van der Waals surface area contributed by atoms with E-state index in [1.165, 1.54) is 35.3 Å². The highest BCUT2D eigenvalue weighted by atomic mass is 32.1. The minimum atomic E-state index is -0.190. The molecule has 2 aromatic rings. The second-order valence-corrected chi connectivity index (χ2v) is 4.89. The molecule has 0 amide bonds. The summed E-state index contributed by atoms with van der Waals surface area (Å²) < 4.78 is 6.28. The first kappa shape index (κ1) is 13.5. The van der Waals surface area contributed by atoms with Crippen LogP contribution < -0.4 is 10.3 Å². The van der Waals surface area contributed by atoms with E-state index in [2.05, 4.69) is 5.10 Å². The van der Waals surface area contributed by atoms with Crippen molar-refractivity contribution in [1.82, 2.24) is 9.78 Å². The molecule has 0 saturated heterocycles. The lowest BCUT2D eigenvalue weighted by Crippen LogP contribution is -2.22. The fraction of sp³-hybridized carbons (Fsp3) is 0.308. The number of Topliss-reactive ketones (excluding diaryl/α,β-unsaturated/α-hetero) is 1. The zero-order chi connectivity index (χ0) is 13.7. The lowest BCUT2D eigenvalue weighted by Gasteiger charge is -2.05. The Bertz CT molecular complexity index is 605. The summed E-state index contributed by atoms with van der Waals surface area (Å²) in [6.07, 6.45) is 0.989. The lowest BCUT2D eigenvalue weighted by atomic mass is 10.2. The van der Waals surface area contributed by atoms with E-state index in [0.29, 0.717) is 25.3 Å². The van der Waals surface area contributed by atoms with Gasteiger partial charge in [0.15, 0.2) is 5.78 Å². The Balaban J connectivity index is 1.92. The predicted molar refractivity (Wildman–Crippen MR) is 72.9 cm³/mol. The Hall–Kier alpha value is -1.95. The van der Waals surface area contributed by atoms with Crippen LogP contribution >= 0.6 is 11.3 Å². The molecule has 0 fully saturated rings. The summed E-state index contributed by atoms with van der Waals surface area (Å²) in [6.45, 7) is 0.410.